The molecule has 0 radical (unpaired) electrons. The summed E-state index contributed by atoms with van der Waals surface area (Å²) in [5, 5.41) is 7.82. The molecule has 2 heterocycles. The summed E-state index contributed by atoms with van der Waals surface area (Å²) >= 11 is 3.26. The number of hydrogen-bond donors (Lipinski definition) is 0. The predicted molar refractivity (Wildman–Crippen MR) is 56.3 cm³/mol. The first-order valence-electron chi connectivity index (χ1n) is 4.18. The molecule has 72 valence electrons. The van der Waals surface area contributed by atoms with Crippen molar-refractivity contribution in [2.75, 3.05) is 0 Å². The maximum atomic E-state index is 4.29. The number of rotatable bonds is 1. The van der Waals surface area contributed by atoms with Crippen LogP contribution in [0.2, 0.25) is 0 Å². The normalized spacial score (nSPS) is 10.5. The van der Waals surface area contributed by atoms with Gasteiger partial charge in [-0.3, -0.25) is 4.98 Å². The molecule has 0 aliphatic carbocycles. The van der Waals surface area contributed by atoms with Crippen LogP contribution in [-0.4, -0.2) is 20.0 Å². The Morgan fingerprint density at radius 3 is 2.36 bits per heavy atom. The van der Waals surface area contributed by atoms with Crippen molar-refractivity contribution < 1.29 is 0 Å². The Labute approximate surface area is 90.1 Å². The number of nitrogens with zero attached hydrogens (tertiary/aromatic N) is 4. The highest BCUT2D eigenvalue weighted by Gasteiger charge is 2.01. The number of aryl methyl sites for hydroxylation is 2. The average Bonchev–Trinajstić information content (AvgIpc) is 2.50. The second-order valence-corrected chi connectivity index (χ2v) is 3.91. The first-order chi connectivity index (χ1) is 6.65. The maximum absolute atomic E-state index is 4.29. The molecule has 0 aliphatic heterocycles. The van der Waals surface area contributed by atoms with Crippen LogP contribution < -0.4 is 0 Å². The van der Waals surface area contributed by atoms with E-state index < -0.39 is 0 Å². The average molecular weight is 253 g/mol. The van der Waals surface area contributed by atoms with Crippen molar-refractivity contribution in [1.29, 1.82) is 0 Å². The molecule has 5 heteroatoms. The topological polar surface area (TPSA) is 43.6 Å². The van der Waals surface area contributed by atoms with E-state index in [1.165, 1.54) is 0 Å². The van der Waals surface area contributed by atoms with E-state index >= 15 is 0 Å². The Hall–Kier alpha value is -1.23. The van der Waals surface area contributed by atoms with Gasteiger partial charge in [0.25, 0.3) is 0 Å². The van der Waals surface area contributed by atoms with Gasteiger partial charge in [-0.1, -0.05) is 5.21 Å². The van der Waals surface area contributed by atoms with E-state index in [9.17, 15) is 0 Å². The van der Waals surface area contributed by atoms with Crippen LogP contribution in [0.25, 0.3) is 5.69 Å². The summed E-state index contributed by atoms with van der Waals surface area (Å²) in [7, 11) is 0. The molecule has 14 heavy (non-hydrogen) atoms. The standard InChI is InChI=1S/C9H9BrN4/c1-6-3-8(4-7(2)11-6)14-5-9(10)12-13-14/h3-5H,1-2H3. The molecule has 0 spiro atoms. The van der Waals surface area contributed by atoms with Crippen LogP contribution in [0.15, 0.2) is 22.9 Å². The molecule has 4 nitrogen and oxygen atoms in total. The number of pyridine rings is 1. The van der Waals surface area contributed by atoms with Crippen molar-refractivity contribution in [2.24, 2.45) is 0 Å². The predicted octanol–water partition coefficient (Wildman–Crippen LogP) is 2.04. The van der Waals surface area contributed by atoms with Gasteiger partial charge in [-0.25, -0.2) is 4.68 Å². The SMILES string of the molecule is Cc1cc(-n2cc(Br)nn2)cc(C)n1. The lowest BCUT2D eigenvalue weighted by molar-refractivity contribution is 0.797. The zero-order valence-electron chi connectivity index (χ0n) is 7.90. The minimum atomic E-state index is 0.726. The molecule has 0 fully saturated rings. The second-order valence-electron chi connectivity index (χ2n) is 3.09. The van der Waals surface area contributed by atoms with Gasteiger partial charge in [0.1, 0.15) is 4.60 Å². The van der Waals surface area contributed by atoms with E-state index in [1.807, 2.05) is 32.2 Å². The molecule has 0 aliphatic rings. The Morgan fingerprint density at radius 1 is 1.21 bits per heavy atom. The largest absolute Gasteiger partial charge is 0.258 e. The summed E-state index contributed by atoms with van der Waals surface area (Å²) in [5.74, 6) is 0. The summed E-state index contributed by atoms with van der Waals surface area (Å²) < 4.78 is 2.44. The molecule has 0 amide bonds. The molecule has 0 N–H and O–H groups in total. The van der Waals surface area contributed by atoms with E-state index in [0.29, 0.717) is 0 Å². The highest BCUT2D eigenvalue weighted by molar-refractivity contribution is 9.10. The van der Waals surface area contributed by atoms with Crippen molar-refractivity contribution in [3.8, 4) is 5.69 Å². The zero-order valence-corrected chi connectivity index (χ0v) is 9.48. The van der Waals surface area contributed by atoms with Gasteiger partial charge in [0, 0.05) is 11.4 Å². The summed E-state index contributed by atoms with van der Waals surface area (Å²) in [5.41, 5.74) is 2.94. The molecule has 0 aromatic carbocycles. The van der Waals surface area contributed by atoms with Crippen LogP contribution in [0.4, 0.5) is 0 Å². The number of halogens is 1. The van der Waals surface area contributed by atoms with Crippen LogP contribution in [0.5, 0.6) is 0 Å². The minimum absolute atomic E-state index is 0.726. The fourth-order valence-electron chi connectivity index (χ4n) is 1.31. The molecule has 0 unspecified atom stereocenters. The Kier molecular flexibility index (Phi) is 2.33. The van der Waals surface area contributed by atoms with Crippen molar-refractivity contribution in [1.82, 2.24) is 20.0 Å². The number of aromatic nitrogens is 4. The second kappa shape index (κ2) is 3.49. The smallest absolute Gasteiger partial charge is 0.148 e. The highest BCUT2D eigenvalue weighted by atomic mass is 79.9. The minimum Gasteiger partial charge on any atom is -0.258 e. The fourth-order valence-corrected chi connectivity index (χ4v) is 1.58. The molecule has 2 aromatic heterocycles. The van der Waals surface area contributed by atoms with E-state index in [-0.39, 0.29) is 0 Å². The van der Waals surface area contributed by atoms with Crippen molar-refractivity contribution in [2.45, 2.75) is 13.8 Å². The summed E-state index contributed by atoms with van der Waals surface area (Å²) in [4.78, 5) is 4.29. The van der Waals surface area contributed by atoms with Gasteiger partial charge in [-0.05, 0) is 41.9 Å². The van der Waals surface area contributed by atoms with Crippen LogP contribution in [-0.2, 0) is 0 Å². The summed E-state index contributed by atoms with van der Waals surface area (Å²) in [6.45, 7) is 3.92. The lowest BCUT2D eigenvalue weighted by Gasteiger charge is -2.02. The van der Waals surface area contributed by atoms with Gasteiger partial charge < -0.3 is 0 Å². The van der Waals surface area contributed by atoms with Gasteiger partial charge in [0.2, 0.25) is 0 Å². The summed E-state index contributed by atoms with van der Waals surface area (Å²) in [6, 6.07) is 3.93. The van der Waals surface area contributed by atoms with Crippen LogP contribution >= 0.6 is 15.9 Å². The van der Waals surface area contributed by atoms with Crippen LogP contribution in [0.3, 0.4) is 0 Å². The lowest BCUT2D eigenvalue weighted by Crippen LogP contribution is -1.98. The third-order valence-corrected chi connectivity index (χ3v) is 2.16. The van der Waals surface area contributed by atoms with Gasteiger partial charge in [-0.2, -0.15) is 0 Å². The Bertz CT molecular complexity index is 443. The Balaban J connectivity index is 2.51. The van der Waals surface area contributed by atoms with Gasteiger partial charge >= 0.3 is 0 Å². The van der Waals surface area contributed by atoms with Gasteiger partial charge in [-0.15, -0.1) is 5.10 Å². The summed E-state index contributed by atoms with van der Waals surface area (Å²) in [6.07, 6.45) is 1.81. The molecular formula is C9H9BrN4. The van der Waals surface area contributed by atoms with Crippen molar-refractivity contribution in [3.63, 3.8) is 0 Å². The Morgan fingerprint density at radius 2 is 1.86 bits per heavy atom. The van der Waals surface area contributed by atoms with Gasteiger partial charge in [0.15, 0.2) is 0 Å². The molecule has 2 aromatic rings. The highest BCUT2D eigenvalue weighted by Crippen LogP contribution is 2.11. The zero-order chi connectivity index (χ0) is 10.1. The van der Waals surface area contributed by atoms with E-state index in [1.54, 1.807) is 4.68 Å². The van der Waals surface area contributed by atoms with E-state index in [0.717, 1.165) is 21.7 Å². The lowest BCUT2D eigenvalue weighted by atomic mass is 10.3. The fraction of sp³-hybridized carbons (Fsp3) is 0.222. The third-order valence-electron chi connectivity index (χ3n) is 1.80. The quantitative estimate of drug-likeness (QED) is 0.781. The monoisotopic (exact) mass is 252 g/mol. The molecule has 0 bridgehead atoms. The molecule has 0 atom stereocenters. The van der Waals surface area contributed by atoms with E-state index in [4.69, 9.17) is 0 Å². The van der Waals surface area contributed by atoms with E-state index in [2.05, 4.69) is 31.2 Å². The maximum Gasteiger partial charge on any atom is 0.148 e. The van der Waals surface area contributed by atoms with Crippen LogP contribution in [0.1, 0.15) is 11.4 Å². The molecule has 2 rings (SSSR count). The first kappa shape index (κ1) is 9.33. The molecule has 0 saturated heterocycles. The first-order valence-corrected chi connectivity index (χ1v) is 4.98. The van der Waals surface area contributed by atoms with Crippen molar-refractivity contribution in [3.05, 3.63) is 34.3 Å². The molecule has 0 saturated carbocycles. The van der Waals surface area contributed by atoms with Gasteiger partial charge in [0.05, 0.1) is 11.9 Å². The molecular weight excluding hydrogens is 244 g/mol. The van der Waals surface area contributed by atoms with Crippen molar-refractivity contribution >= 4 is 15.9 Å². The number of hydrogen-bond acceptors (Lipinski definition) is 3. The third kappa shape index (κ3) is 1.82. The van der Waals surface area contributed by atoms with Crippen LogP contribution in [0, 0.1) is 13.8 Å².